The predicted molar refractivity (Wildman–Crippen MR) is 103 cm³/mol. The van der Waals surface area contributed by atoms with Gasteiger partial charge in [-0.2, -0.15) is 0 Å². The van der Waals surface area contributed by atoms with Crippen molar-refractivity contribution >= 4 is 16.1 Å². The molecule has 1 aromatic carbocycles. The number of nitrogens with one attached hydrogen (secondary N) is 3. The fraction of sp³-hybridized carbons (Fsp3) is 0.632. The Morgan fingerprint density at radius 3 is 2.37 bits per heavy atom. The third-order valence-electron chi connectivity index (χ3n) is 5.23. The number of carbonyl (C=O) groups excluding carboxylic acids is 1. The third kappa shape index (κ3) is 5.92. The summed E-state index contributed by atoms with van der Waals surface area (Å²) < 4.78 is 33.2. The summed E-state index contributed by atoms with van der Waals surface area (Å²) in [6, 6.07) is 6.66. The number of carbonyl (C=O) groups is 1. The van der Waals surface area contributed by atoms with Gasteiger partial charge >= 0.3 is 6.03 Å². The van der Waals surface area contributed by atoms with Crippen LogP contribution in [0.25, 0.3) is 0 Å². The molecule has 0 bridgehead atoms. The minimum atomic E-state index is -3.50. The zero-order valence-corrected chi connectivity index (χ0v) is 16.6. The summed E-state index contributed by atoms with van der Waals surface area (Å²) in [5, 5.41) is 5.84. The lowest BCUT2D eigenvalue weighted by Crippen LogP contribution is -2.47. The minimum Gasteiger partial charge on any atom is -0.376 e. The molecule has 0 radical (unpaired) electrons. The van der Waals surface area contributed by atoms with E-state index in [0.29, 0.717) is 24.3 Å². The zero-order chi connectivity index (χ0) is 19.3. The summed E-state index contributed by atoms with van der Waals surface area (Å²) in [5.74, 6) is 0. The second-order valence-corrected chi connectivity index (χ2v) is 9.19. The maximum Gasteiger partial charge on any atom is 0.315 e. The highest BCUT2D eigenvalue weighted by Crippen LogP contribution is 2.21. The van der Waals surface area contributed by atoms with E-state index in [9.17, 15) is 13.2 Å². The molecule has 7 nitrogen and oxygen atoms in total. The second kappa shape index (κ2) is 9.03. The first kappa shape index (κ1) is 20.1. The molecule has 150 valence electrons. The molecule has 1 aliphatic heterocycles. The molecule has 0 aromatic heterocycles. The first-order valence-electron chi connectivity index (χ1n) is 9.67. The van der Waals surface area contributed by atoms with Crippen molar-refractivity contribution in [2.24, 2.45) is 0 Å². The van der Waals surface area contributed by atoms with Gasteiger partial charge in [0.1, 0.15) is 0 Å². The first-order valence-corrected chi connectivity index (χ1v) is 11.2. The van der Waals surface area contributed by atoms with Crippen LogP contribution in [0.3, 0.4) is 0 Å². The summed E-state index contributed by atoms with van der Waals surface area (Å²) >= 11 is 0. The Labute approximate surface area is 161 Å². The van der Waals surface area contributed by atoms with Gasteiger partial charge < -0.3 is 15.4 Å². The van der Waals surface area contributed by atoms with E-state index in [1.807, 2.05) is 6.92 Å². The Morgan fingerprint density at radius 2 is 1.74 bits per heavy atom. The fourth-order valence-electron chi connectivity index (χ4n) is 3.61. The van der Waals surface area contributed by atoms with E-state index in [2.05, 4.69) is 15.4 Å². The smallest absolute Gasteiger partial charge is 0.315 e. The summed E-state index contributed by atoms with van der Waals surface area (Å²) in [4.78, 5) is 12.3. The monoisotopic (exact) mass is 395 g/mol. The van der Waals surface area contributed by atoms with Crippen molar-refractivity contribution < 1.29 is 17.9 Å². The average Bonchev–Trinajstić information content (AvgIpc) is 3.15. The number of ether oxygens (including phenoxy) is 1. The number of aryl methyl sites for hydroxylation is 1. The van der Waals surface area contributed by atoms with Gasteiger partial charge in [-0.15, -0.1) is 0 Å². The van der Waals surface area contributed by atoms with E-state index in [1.165, 1.54) is 0 Å². The summed E-state index contributed by atoms with van der Waals surface area (Å²) in [6.45, 7) is 3.24. The van der Waals surface area contributed by atoms with E-state index in [-0.39, 0.29) is 24.2 Å². The van der Waals surface area contributed by atoms with Crippen molar-refractivity contribution in [2.75, 3.05) is 13.2 Å². The highest BCUT2D eigenvalue weighted by molar-refractivity contribution is 7.89. The molecule has 1 atom stereocenters. The highest BCUT2D eigenvalue weighted by Gasteiger charge is 2.26. The molecule has 2 aliphatic rings. The highest BCUT2D eigenvalue weighted by atomic mass is 32.2. The van der Waals surface area contributed by atoms with Gasteiger partial charge in [-0.25, -0.2) is 17.9 Å². The SMILES string of the molecule is Cc1ccc(S(=O)(=O)NC2CCC(NC(=O)NCC3CCCO3)CC2)cc1. The number of amides is 2. The van der Waals surface area contributed by atoms with Gasteiger partial charge in [0, 0.05) is 25.2 Å². The number of hydrogen-bond donors (Lipinski definition) is 3. The average molecular weight is 396 g/mol. The molecule has 27 heavy (non-hydrogen) atoms. The van der Waals surface area contributed by atoms with Crippen molar-refractivity contribution in [3.05, 3.63) is 29.8 Å². The van der Waals surface area contributed by atoms with E-state index in [4.69, 9.17) is 4.74 Å². The lowest BCUT2D eigenvalue weighted by atomic mass is 9.92. The lowest BCUT2D eigenvalue weighted by molar-refractivity contribution is 0.111. The van der Waals surface area contributed by atoms with Crippen LogP contribution in [0.1, 0.15) is 44.1 Å². The Balaban J connectivity index is 1.40. The molecule has 1 unspecified atom stereocenters. The van der Waals surface area contributed by atoms with Crippen LogP contribution in [-0.2, 0) is 14.8 Å². The van der Waals surface area contributed by atoms with E-state index in [0.717, 1.165) is 37.9 Å². The van der Waals surface area contributed by atoms with Gasteiger partial charge in [-0.3, -0.25) is 0 Å². The Bertz CT molecular complexity index is 722. The number of sulfonamides is 1. The molecule has 1 saturated heterocycles. The molecule has 1 aromatic rings. The molecule has 1 saturated carbocycles. The maximum absolute atomic E-state index is 12.5. The van der Waals surface area contributed by atoms with Crippen LogP contribution in [0.5, 0.6) is 0 Å². The molecule has 1 heterocycles. The van der Waals surface area contributed by atoms with Crippen LogP contribution in [0.15, 0.2) is 29.2 Å². The van der Waals surface area contributed by atoms with E-state index < -0.39 is 10.0 Å². The zero-order valence-electron chi connectivity index (χ0n) is 15.7. The fourth-order valence-corrected chi connectivity index (χ4v) is 4.91. The summed E-state index contributed by atoms with van der Waals surface area (Å²) in [6.07, 6.45) is 5.11. The van der Waals surface area contributed by atoms with Gasteiger partial charge in [-0.05, 0) is 57.6 Å². The molecular formula is C19H29N3O4S. The van der Waals surface area contributed by atoms with Gasteiger partial charge in [0.2, 0.25) is 10.0 Å². The van der Waals surface area contributed by atoms with Crippen molar-refractivity contribution in [3.8, 4) is 0 Å². The maximum atomic E-state index is 12.5. The number of rotatable bonds is 6. The molecule has 0 spiro atoms. The third-order valence-corrected chi connectivity index (χ3v) is 6.77. The van der Waals surface area contributed by atoms with Crippen LogP contribution in [-0.4, -0.2) is 45.8 Å². The van der Waals surface area contributed by atoms with Gasteiger partial charge in [0.25, 0.3) is 0 Å². The van der Waals surface area contributed by atoms with Crippen molar-refractivity contribution in [3.63, 3.8) is 0 Å². The topological polar surface area (TPSA) is 96.5 Å². The van der Waals surface area contributed by atoms with Crippen LogP contribution in [0.4, 0.5) is 4.79 Å². The molecular weight excluding hydrogens is 366 g/mol. The Kier molecular flexibility index (Phi) is 6.73. The van der Waals surface area contributed by atoms with E-state index in [1.54, 1.807) is 24.3 Å². The Morgan fingerprint density at radius 1 is 1.07 bits per heavy atom. The molecule has 3 N–H and O–H groups in total. The molecule has 8 heteroatoms. The predicted octanol–water partition coefficient (Wildman–Crippen LogP) is 2.06. The molecule has 2 amide bonds. The number of urea groups is 1. The van der Waals surface area contributed by atoms with Crippen LogP contribution in [0, 0.1) is 6.92 Å². The van der Waals surface area contributed by atoms with Crippen LogP contribution >= 0.6 is 0 Å². The standard InChI is InChI=1S/C19H29N3O4S/c1-14-4-10-18(11-5-14)27(24,25)22-16-8-6-15(7-9-16)21-19(23)20-13-17-3-2-12-26-17/h4-5,10-11,15-17,22H,2-3,6-9,12-13H2,1H3,(H2,20,21,23). The lowest BCUT2D eigenvalue weighted by Gasteiger charge is -2.29. The van der Waals surface area contributed by atoms with Crippen molar-refractivity contribution in [1.29, 1.82) is 0 Å². The number of benzene rings is 1. The van der Waals surface area contributed by atoms with Gasteiger partial charge in [-0.1, -0.05) is 17.7 Å². The summed E-state index contributed by atoms with van der Waals surface area (Å²) in [5.41, 5.74) is 1.03. The number of hydrogen-bond acceptors (Lipinski definition) is 4. The minimum absolute atomic E-state index is 0.0784. The molecule has 2 fully saturated rings. The first-order chi connectivity index (χ1) is 12.9. The van der Waals surface area contributed by atoms with Crippen molar-refractivity contribution in [2.45, 2.75) is 68.5 Å². The van der Waals surface area contributed by atoms with Crippen LogP contribution < -0.4 is 15.4 Å². The largest absolute Gasteiger partial charge is 0.376 e. The molecule has 1 aliphatic carbocycles. The quantitative estimate of drug-likeness (QED) is 0.687. The van der Waals surface area contributed by atoms with Gasteiger partial charge in [0.15, 0.2) is 0 Å². The van der Waals surface area contributed by atoms with Crippen molar-refractivity contribution in [1.82, 2.24) is 15.4 Å². The van der Waals surface area contributed by atoms with Gasteiger partial charge in [0.05, 0.1) is 11.0 Å². The Hall–Kier alpha value is -1.64. The van der Waals surface area contributed by atoms with E-state index >= 15 is 0 Å². The van der Waals surface area contributed by atoms with Crippen LogP contribution in [0.2, 0.25) is 0 Å². The molecule has 3 rings (SSSR count). The summed E-state index contributed by atoms with van der Waals surface area (Å²) in [7, 11) is -3.50. The second-order valence-electron chi connectivity index (χ2n) is 7.47. The normalized spacial score (nSPS) is 25.9.